The summed E-state index contributed by atoms with van der Waals surface area (Å²) in [6, 6.07) is 0. The molecule has 0 amide bonds. The highest BCUT2D eigenvalue weighted by Crippen LogP contribution is 2.21. The van der Waals surface area contributed by atoms with Crippen LogP contribution in [-0.4, -0.2) is 22.3 Å². The van der Waals surface area contributed by atoms with Crippen LogP contribution in [0.25, 0.3) is 0 Å². The van der Waals surface area contributed by atoms with Crippen molar-refractivity contribution in [2.75, 3.05) is 17.6 Å². The molecule has 3 nitrogen and oxygen atoms in total. The second-order valence-electron chi connectivity index (χ2n) is 3.91. The molecule has 90 valence electrons. The van der Waals surface area contributed by atoms with Crippen LogP contribution in [0.5, 0.6) is 0 Å². The molecular formula is C11H18FN3S. The fraction of sp³-hybridized carbons (Fsp3) is 0.636. The fourth-order valence-corrected chi connectivity index (χ4v) is 2.21. The van der Waals surface area contributed by atoms with Gasteiger partial charge in [-0.3, -0.25) is 0 Å². The molecule has 1 rings (SSSR count). The van der Waals surface area contributed by atoms with E-state index in [0.717, 1.165) is 18.7 Å². The molecule has 0 aliphatic rings. The van der Waals surface area contributed by atoms with Crippen LogP contribution in [0.15, 0.2) is 11.2 Å². The van der Waals surface area contributed by atoms with Gasteiger partial charge in [0.15, 0.2) is 5.82 Å². The van der Waals surface area contributed by atoms with Gasteiger partial charge in [0.2, 0.25) is 5.95 Å². The van der Waals surface area contributed by atoms with Gasteiger partial charge in [0, 0.05) is 6.54 Å². The second kappa shape index (κ2) is 6.68. The first kappa shape index (κ1) is 13.2. The summed E-state index contributed by atoms with van der Waals surface area (Å²) in [7, 11) is 0. The normalized spacial score (nSPS) is 10.8. The van der Waals surface area contributed by atoms with Crippen LogP contribution in [0.3, 0.4) is 0 Å². The number of rotatable bonds is 6. The van der Waals surface area contributed by atoms with Gasteiger partial charge in [-0.1, -0.05) is 13.8 Å². The molecule has 0 unspecified atom stereocenters. The maximum Gasteiger partial charge on any atom is 0.223 e. The molecule has 0 fully saturated rings. The molecule has 16 heavy (non-hydrogen) atoms. The molecule has 0 bridgehead atoms. The summed E-state index contributed by atoms with van der Waals surface area (Å²) < 4.78 is 13.4. The first-order chi connectivity index (χ1) is 7.63. The highest BCUT2D eigenvalue weighted by Gasteiger charge is 2.07. The maximum atomic E-state index is 13.4. The van der Waals surface area contributed by atoms with Gasteiger partial charge in [0.05, 0.1) is 6.20 Å². The van der Waals surface area contributed by atoms with E-state index in [-0.39, 0.29) is 5.82 Å². The van der Waals surface area contributed by atoms with Crippen molar-refractivity contribution < 1.29 is 4.39 Å². The highest BCUT2D eigenvalue weighted by molar-refractivity contribution is 7.99. The molecule has 1 N–H and O–H groups in total. The van der Waals surface area contributed by atoms with Crippen molar-refractivity contribution in [3.63, 3.8) is 0 Å². The number of nitrogens with one attached hydrogen (secondary N) is 1. The summed E-state index contributed by atoms with van der Waals surface area (Å²) in [5, 5.41) is 3.41. The highest BCUT2D eigenvalue weighted by atomic mass is 32.2. The van der Waals surface area contributed by atoms with Crippen LogP contribution in [0.2, 0.25) is 0 Å². The Morgan fingerprint density at radius 3 is 2.88 bits per heavy atom. The zero-order valence-electron chi connectivity index (χ0n) is 9.96. The smallest absolute Gasteiger partial charge is 0.223 e. The van der Waals surface area contributed by atoms with Gasteiger partial charge in [-0.2, -0.15) is 0 Å². The molecule has 0 radical (unpaired) electrons. The number of hydrogen-bond acceptors (Lipinski definition) is 4. The quantitative estimate of drug-likeness (QED) is 0.615. The second-order valence-corrected chi connectivity index (χ2v) is 4.99. The fourth-order valence-electron chi connectivity index (χ4n) is 1.09. The third kappa shape index (κ3) is 4.35. The van der Waals surface area contributed by atoms with Crippen LogP contribution in [0.1, 0.15) is 27.2 Å². The Bertz CT molecular complexity index is 331. The summed E-state index contributed by atoms with van der Waals surface area (Å²) in [6.45, 7) is 7.00. The Morgan fingerprint density at radius 1 is 1.50 bits per heavy atom. The minimum absolute atomic E-state index is 0.338. The average molecular weight is 243 g/mol. The lowest BCUT2D eigenvalue weighted by atomic mass is 10.2. The molecule has 0 spiro atoms. The van der Waals surface area contributed by atoms with Crippen LogP contribution in [-0.2, 0) is 0 Å². The Morgan fingerprint density at radius 2 is 2.25 bits per heavy atom. The van der Waals surface area contributed by atoms with E-state index in [1.807, 2.05) is 6.92 Å². The van der Waals surface area contributed by atoms with E-state index in [0.29, 0.717) is 16.9 Å². The number of hydrogen-bond donors (Lipinski definition) is 1. The van der Waals surface area contributed by atoms with E-state index in [1.54, 1.807) is 0 Å². The molecule has 0 aliphatic carbocycles. The molecule has 0 saturated heterocycles. The van der Waals surface area contributed by atoms with Crippen molar-refractivity contribution >= 4 is 17.7 Å². The molecule has 0 aromatic carbocycles. The molecule has 0 atom stereocenters. The number of thioether (sulfide) groups is 1. The van der Waals surface area contributed by atoms with E-state index in [1.165, 1.54) is 18.0 Å². The zero-order valence-corrected chi connectivity index (χ0v) is 10.8. The van der Waals surface area contributed by atoms with Gasteiger partial charge in [0.1, 0.15) is 5.03 Å². The lowest BCUT2D eigenvalue weighted by Crippen LogP contribution is -2.04. The predicted molar refractivity (Wildman–Crippen MR) is 66.3 cm³/mol. The average Bonchev–Trinajstić information content (AvgIpc) is 2.22. The summed E-state index contributed by atoms with van der Waals surface area (Å²) in [4.78, 5) is 7.99. The monoisotopic (exact) mass is 243 g/mol. The van der Waals surface area contributed by atoms with Gasteiger partial charge in [-0.05, 0) is 25.0 Å². The van der Waals surface area contributed by atoms with Crippen molar-refractivity contribution in [1.82, 2.24) is 9.97 Å². The van der Waals surface area contributed by atoms with Gasteiger partial charge >= 0.3 is 0 Å². The standard InChI is InChI=1S/C11H18FN3S/c1-4-13-11-14-7-9(12)10(15-11)16-6-5-8(2)3/h7-8H,4-6H2,1-3H3,(H,13,14,15). The lowest BCUT2D eigenvalue weighted by molar-refractivity contribution is 0.578. The summed E-state index contributed by atoms with van der Waals surface area (Å²) in [6.07, 6.45) is 2.29. The van der Waals surface area contributed by atoms with Crippen molar-refractivity contribution in [3.8, 4) is 0 Å². The third-order valence-electron chi connectivity index (χ3n) is 1.98. The van der Waals surface area contributed by atoms with Crippen molar-refractivity contribution in [2.45, 2.75) is 32.2 Å². The van der Waals surface area contributed by atoms with E-state index in [9.17, 15) is 4.39 Å². The first-order valence-corrected chi connectivity index (χ1v) is 6.51. The van der Waals surface area contributed by atoms with Crippen LogP contribution in [0.4, 0.5) is 10.3 Å². The largest absolute Gasteiger partial charge is 0.354 e. The van der Waals surface area contributed by atoms with E-state index in [2.05, 4.69) is 29.1 Å². The maximum absolute atomic E-state index is 13.4. The van der Waals surface area contributed by atoms with E-state index in [4.69, 9.17) is 0 Å². The number of nitrogens with zero attached hydrogens (tertiary/aromatic N) is 2. The molecule has 1 aromatic rings. The van der Waals surface area contributed by atoms with Crippen molar-refractivity contribution in [3.05, 3.63) is 12.0 Å². The van der Waals surface area contributed by atoms with Crippen LogP contribution < -0.4 is 5.32 Å². The molecule has 0 aliphatic heterocycles. The SMILES string of the molecule is CCNc1ncc(F)c(SCCC(C)C)n1. The van der Waals surface area contributed by atoms with E-state index < -0.39 is 0 Å². The van der Waals surface area contributed by atoms with Gasteiger partial charge in [-0.15, -0.1) is 11.8 Å². The molecule has 0 saturated carbocycles. The molecular weight excluding hydrogens is 225 g/mol. The Labute approximate surface area is 100 Å². The van der Waals surface area contributed by atoms with Gasteiger partial charge in [-0.25, -0.2) is 14.4 Å². The van der Waals surface area contributed by atoms with Crippen molar-refractivity contribution in [1.29, 1.82) is 0 Å². The number of halogens is 1. The lowest BCUT2D eigenvalue weighted by Gasteiger charge is -2.06. The van der Waals surface area contributed by atoms with Crippen molar-refractivity contribution in [2.24, 2.45) is 5.92 Å². The Kier molecular flexibility index (Phi) is 5.52. The zero-order chi connectivity index (χ0) is 12.0. The topological polar surface area (TPSA) is 37.8 Å². The molecule has 1 aromatic heterocycles. The third-order valence-corrected chi connectivity index (χ3v) is 2.98. The minimum atomic E-state index is -0.338. The summed E-state index contributed by atoms with van der Waals surface area (Å²) in [5.41, 5.74) is 0. The minimum Gasteiger partial charge on any atom is -0.354 e. The molecule has 5 heteroatoms. The summed E-state index contributed by atoms with van der Waals surface area (Å²) in [5.74, 6) is 1.67. The number of aromatic nitrogens is 2. The molecule has 1 heterocycles. The van der Waals surface area contributed by atoms with Crippen LogP contribution >= 0.6 is 11.8 Å². The van der Waals surface area contributed by atoms with Gasteiger partial charge in [0.25, 0.3) is 0 Å². The number of anilines is 1. The van der Waals surface area contributed by atoms with Crippen LogP contribution in [0, 0.1) is 11.7 Å². The predicted octanol–water partition coefficient (Wildman–Crippen LogP) is 3.19. The van der Waals surface area contributed by atoms with E-state index >= 15 is 0 Å². The summed E-state index contributed by atoms with van der Waals surface area (Å²) >= 11 is 1.45. The Balaban J connectivity index is 2.59. The Hall–Kier alpha value is -0.840. The first-order valence-electron chi connectivity index (χ1n) is 5.52. The van der Waals surface area contributed by atoms with Gasteiger partial charge < -0.3 is 5.32 Å².